The molecule has 6 rings (SSSR count). The number of aromatic amines is 1. The molecule has 4 aromatic rings. The summed E-state index contributed by atoms with van der Waals surface area (Å²) in [5.74, 6) is 1.87. The summed E-state index contributed by atoms with van der Waals surface area (Å²) in [6.45, 7) is 4.12. The molecule has 2 aromatic heterocycles. The van der Waals surface area contributed by atoms with Gasteiger partial charge in [0.1, 0.15) is 11.6 Å². The third kappa shape index (κ3) is 5.78. The van der Waals surface area contributed by atoms with Gasteiger partial charge in [-0.05, 0) is 72.4 Å². The number of methoxy groups -OCH3 is 1. The molecule has 202 valence electrons. The smallest absolute Gasteiger partial charge is 0.196 e. The largest absolute Gasteiger partial charge is 0.497 e. The van der Waals surface area contributed by atoms with Crippen molar-refractivity contribution >= 4 is 65.1 Å². The summed E-state index contributed by atoms with van der Waals surface area (Å²) in [6, 6.07) is 15.8. The highest BCUT2D eigenvalue weighted by atomic mass is 35.5. The number of pyridine rings is 1. The van der Waals surface area contributed by atoms with Crippen molar-refractivity contribution in [3.05, 3.63) is 82.4 Å². The van der Waals surface area contributed by atoms with Gasteiger partial charge in [-0.15, -0.1) is 35.0 Å². The number of ether oxygens (including phenoxy) is 1. The van der Waals surface area contributed by atoms with Crippen molar-refractivity contribution in [2.45, 2.75) is 0 Å². The Labute approximate surface area is 238 Å². The second-order valence-corrected chi connectivity index (χ2v) is 9.38. The van der Waals surface area contributed by atoms with E-state index >= 15 is 0 Å². The summed E-state index contributed by atoms with van der Waals surface area (Å²) in [5.41, 5.74) is 4.18. The van der Waals surface area contributed by atoms with Gasteiger partial charge >= 0.3 is 0 Å². The Morgan fingerprint density at radius 2 is 1.77 bits per heavy atom. The zero-order valence-electron chi connectivity index (χ0n) is 21.7. The molecule has 0 unspecified atom stereocenters. The molecule has 4 heterocycles. The lowest BCUT2D eigenvalue weighted by molar-refractivity contribution is 0.312. The van der Waals surface area contributed by atoms with Gasteiger partial charge in [-0.1, -0.05) is 12.1 Å². The predicted molar refractivity (Wildman–Crippen MR) is 161 cm³/mol. The molecule has 0 spiro atoms. The van der Waals surface area contributed by atoms with Crippen molar-refractivity contribution in [3.8, 4) is 11.6 Å². The fourth-order valence-electron chi connectivity index (χ4n) is 4.73. The van der Waals surface area contributed by atoms with Crippen LogP contribution in [-0.2, 0) is 0 Å². The Kier molecular flexibility index (Phi) is 8.60. The van der Waals surface area contributed by atoms with Crippen LogP contribution >= 0.6 is 24.8 Å². The fraction of sp³-hybridized carbons (Fsp3) is 0.207. The zero-order valence-corrected chi connectivity index (χ0v) is 23.3. The van der Waals surface area contributed by atoms with E-state index < -0.39 is 0 Å². The average molecular weight is 566 g/mol. The second kappa shape index (κ2) is 11.9. The van der Waals surface area contributed by atoms with E-state index in [1.54, 1.807) is 7.11 Å². The van der Waals surface area contributed by atoms with Crippen LogP contribution in [0.15, 0.2) is 71.0 Å². The minimum atomic E-state index is 0. The maximum atomic E-state index is 10.5. The molecular formula is C29H30Cl2N6O2. The van der Waals surface area contributed by atoms with Crippen LogP contribution in [0.4, 0.5) is 11.5 Å². The van der Waals surface area contributed by atoms with E-state index in [0.29, 0.717) is 5.56 Å². The van der Waals surface area contributed by atoms with Gasteiger partial charge in [-0.25, -0.2) is 4.98 Å². The van der Waals surface area contributed by atoms with Crippen molar-refractivity contribution in [3.63, 3.8) is 0 Å². The Bertz CT molecular complexity index is 1660. The van der Waals surface area contributed by atoms with E-state index in [4.69, 9.17) is 4.74 Å². The predicted octanol–water partition coefficient (Wildman–Crippen LogP) is 4.62. The van der Waals surface area contributed by atoms with E-state index in [-0.39, 0.29) is 30.7 Å². The van der Waals surface area contributed by atoms with E-state index in [9.17, 15) is 5.11 Å². The molecule has 1 fully saturated rings. The van der Waals surface area contributed by atoms with Crippen LogP contribution in [0.1, 0.15) is 11.1 Å². The number of benzene rings is 2. The van der Waals surface area contributed by atoms with Gasteiger partial charge in [0.15, 0.2) is 5.88 Å². The summed E-state index contributed by atoms with van der Waals surface area (Å²) in [6.07, 6.45) is 7.83. The number of nitrogens with zero attached hydrogens (tertiary/aromatic N) is 5. The lowest BCUT2D eigenvalue weighted by Crippen LogP contribution is -2.44. The number of hydrogen-bond acceptors (Lipinski definition) is 7. The van der Waals surface area contributed by atoms with Crippen LogP contribution in [0.3, 0.4) is 0 Å². The number of H-pyrrole nitrogens is 1. The number of azo groups is 1. The van der Waals surface area contributed by atoms with Crippen LogP contribution in [0, 0.1) is 0 Å². The topological polar surface area (TPSA) is 89.3 Å². The molecule has 8 nitrogen and oxygen atoms in total. The van der Waals surface area contributed by atoms with Gasteiger partial charge in [-0.2, -0.15) is 0 Å². The molecule has 0 amide bonds. The van der Waals surface area contributed by atoms with Crippen LogP contribution < -0.4 is 20.1 Å². The minimum absolute atomic E-state index is 0. The highest BCUT2D eigenvalue weighted by Crippen LogP contribution is 2.30. The summed E-state index contributed by atoms with van der Waals surface area (Å²) in [5, 5.41) is 22.0. The first-order valence-electron chi connectivity index (χ1n) is 12.3. The van der Waals surface area contributed by atoms with Crippen LogP contribution in [0.25, 0.3) is 28.8 Å². The maximum Gasteiger partial charge on any atom is 0.196 e. The normalized spacial score (nSPS) is 15.5. The number of piperazine rings is 1. The third-order valence-corrected chi connectivity index (χ3v) is 6.93. The SMILES string of the molecule is COc1ccc2[nH]c(O)c(/C=c3/ccc4c(c3)N=NC=4/C=C/c3ccc(N4CCN(C)CC4)nc3)c2c1.Cl.Cl. The average Bonchev–Trinajstić information content (AvgIpc) is 3.47. The molecule has 0 saturated carbocycles. The second-order valence-electron chi connectivity index (χ2n) is 9.38. The van der Waals surface area contributed by atoms with Crippen LogP contribution in [0.2, 0.25) is 0 Å². The highest BCUT2D eigenvalue weighted by Gasteiger charge is 2.15. The Balaban J connectivity index is 0.00000176. The van der Waals surface area contributed by atoms with Crippen molar-refractivity contribution < 1.29 is 9.84 Å². The van der Waals surface area contributed by atoms with Gasteiger partial charge in [0, 0.05) is 54.1 Å². The van der Waals surface area contributed by atoms with Crippen molar-refractivity contribution in [1.82, 2.24) is 14.9 Å². The molecule has 0 aliphatic carbocycles. The number of likely N-dealkylation sites (N-methyl/N-ethyl adjacent to an activating group) is 1. The third-order valence-electron chi connectivity index (χ3n) is 6.93. The molecule has 0 atom stereocenters. The molecule has 2 aliphatic heterocycles. The number of rotatable bonds is 5. The van der Waals surface area contributed by atoms with E-state index in [1.807, 2.05) is 60.8 Å². The van der Waals surface area contributed by atoms with Gasteiger partial charge in [0.05, 0.1) is 18.5 Å². The first-order chi connectivity index (χ1) is 18.1. The molecule has 2 aromatic carbocycles. The molecule has 0 radical (unpaired) electrons. The summed E-state index contributed by atoms with van der Waals surface area (Å²) in [4.78, 5) is 12.3. The monoisotopic (exact) mass is 564 g/mol. The number of hydrogen-bond donors (Lipinski definition) is 2. The van der Waals surface area contributed by atoms with Crippen molar-refractivity contribution in [1.29, 1.82) is 0 Å². The van der Waals surface area contributed by atoms with Gasteiger partial charge in [0.25, 0.3) is 0 Å². The maximum absolute atomic E-state index is 10.5. The summed E-state index contributed by atoms with van der Waals surface area (Å²) < 4.78 is 5.35. The number of aromatic nitrogens is 2. The highest BCUT2D eigenvalue weighted by molar-refractivity contribution is 5.92. The van der Waals surface area contributed by atoms with E-state index in [1.165, 1.54) is 0 Å². The van der Waals surface area contributed by atoms with Crippen molar-refractivity contribution in [2.75, 3.05) is 45.2 Å². The lowest BCUT2D eigenvalue weighted by atomic mass is 10.1. The summed E-state index contributed by atoms with van der Waals surface area (Å²) >= 11 is 0. The standard InChI is InChI=1S/C29H28N6O2.2ClH/c1-34-11-13-35(14-12-34)28-10-5-19(18-30-28)4-8-26-22-7-3-20(16-27(22)33-32-26)15-24-23-17-21(37-2)6-9-25(23)31-29(24)36;;/h3-10,15-18,31,36H,11-14H2,1-2H3;2*1H/b8-4+,20-15-;;. The van der Waals surface area contributed by atoms with Gasteiger partial charge in [0.2, 0.25) is 0 Å². The lowest BCUT2D eigenvalue weighted by Gasteiger charge is -2.33. The first kappa shape index (κ1) is 28.2. The Morgan fingerprint density at radius 1 is 0.949 bits per heavy atom. The van der Waals surface area contributed by atoms with E-state index in [2.05, 4.69) is 49.2 Å². The van der Waals surface area contributed by atoms with Crippen LogP contribution in [-0.4, -0.2) is 60.3 Å². The quantitative estimate of drug-likeness (QED) is 0.369. The van der Waals surface area contributed by atoms with Crippen molar-refractivity contribution in [2.24, 2.45) is 10.2 Å². The van der Waals surface area contributed by atoms with E-state index in [0.717, 1.165) is 76.0 Å². The molecule has 0 bridgehead atoms. The number of aromatic hydroxyl groups is 1. The molecule has 10 heteroatoms. The number of fused-ring (bicyclic) bond motifs is 2. The molecular weight excluding hydrogens is 535 g/mol. The zero-order chi connectivity index (χ0) is 25.4. The van der Waals surface area contributed by atoms with Gasteiger partial charge in [-0.3, -0.25) is 0 Å². The van der Waals surface area contributed by atoms with Gasteiger partial charge < -0.3 is 24.6 Å². The first-order valence-corrected chi connectivity index (χ1v) is 12.3. The molecule has 39 heavy (non-hydrogen) atoms. The Morgan fingerprint density at radius 3 is 2.51 bits per heavy atom. The molecule has 1 saturated heterocycles. The number of anilines is 1. The number of nitrogens with one attached hydrogen (secondary N) is 1. The summed E-state index contributed by atoms with van der Waals surface area (Å²) in [7, 11) is 3.78. The van der Waals surface area contributed by atoms with Crippen LogP contribution in [0.5, 0.6) is 11.6 Å². The molecule has 2 aliphatic rings. The minimum Gasteiger partial charge on any atom is -0.497 e. The molecule has 2 N–H and O–H groups in total. The fourth-order valence-corrected chi connectivity index (χ4v) is 4.73. The Hall–Kier alpha value is -3.85. The number of halogens is 2.